The van der Waals surface area contributed by atoms with Gasteiger partial charge in [-0.15, -0.1) is 0 Å². The molecular formula is C12H17N2O6PS. The molecule has 0 spiro atoms. The molecule has 22 heavy (non-hydrogen) atoms. The molecule has 1 aromatic rings. The van der Waals surface area contributed by atoms with Crippen molar-refractivity contribution in [1.82, 2.24) is 9.55 Å². The monoisotopic (exact) mass is 348 g/mol. The van der Waals surface area contributed by atoms with Crippen LogP contribution in [0.1, 0.15) is 31.6 Å². The molecule has 0 radical (unpaired) electrons. The minimum absolute atomic E-state index is 0.205. The van der Waals surface area contributed by atoms with Gasteiger partial charge in [0.2, 0.25) is 0 Å². The number of nitrogens with zero attached hydrogens (tertiary/aromatic N) is 1. The number of aromatic nitrogens is 2. The average Bonchev–Trinajstić information content (AvgIpc) is 2.84. The SMILES string of the molecule is CCC1=C(OP(O)(=S)OC)C[C@H](n2cc(C)c(=O)[nH]c2=O)O1. The van der Waals surface area contributed by atoms with Gasteiger partial charge in [-0.05, 0) is 6.92 Å². The van der Waals surface area contributed by atoms with Crippen molar-refractivity contribution in [3.05, 3.63) is 44.1 Å². The first-order chi connectivity index (χ1) is 10.3. The largest absolute Gasteiger partial charge is 0.470 e. The highest BCUT2D eigenvalue weighted by Gasteiger charge is 2.31. The number of H-pyrrole nitrogens is 1. The second-order valence-electron chi connectivity index (χ2n) is 4.70. The summed E-state index contributed by atoms with van der Waals surface area (Å²) in [6, 6.07) is 0. The number of rotatable bonds is 5. The van der Waals surface area contributed by atoms with Crippen LogP contribution in [-0.4, -0.2) is 21.6 Å². The number of aryl methyl sites for hydroxylation is 1. The van der Waals surface area contributed by atoms with Gasteiger partial charge in [-0.25, -0.2) is 4.79 Å². The van der Waals surface area contributed by atoms with Gasteiger partial charge in [0.05, 0.1) is 6.42 Å². The predicted molar refractivity (Wildman–Crippen MR) is 82.7 cm³/mol. The Balaban J connectivity index is 2.29. The summed E-state index contributed by atoms with van der Waals surface area (Å²) in [7, 11) is 1.26. The van der Waals surface area contributed by atoms with Gasteiger partial charge in [-0.1, -0.05) is 6.92 Å². The van der Waals surface area contributed by atoms with Gasteiger partial charge in [0.25, 0.3) is 5.56 Å². The maximum Gasteiger partial charge on any atom is 0.377 e. The Morgan fingerprint density at radius 1 is 1.59 bits per heavy atom. The lowest BCUT2D eigenvalue weighted by atomic mass is 10.3. The van der Waals surface area contributed by atoms with Crippen LogP contribution < -0.4 is 11.2 Å². The van der Waals surface area contributed by atoms with E-state index < -0.39 is 24.2 Å². The first-order valence-electron chi connectivity index (χ1n) is 6.56. The van der Waals surface area contributed by atoms with E-state index in [2.05, 4.69) is 4.98 Å². The van der Waals surface area contributed by atoms with Gasteiger partial charge in [0.1, 0.15) is 11.5 Å². The Labute approximate surface area is 131 Å². The van der Waals surface area contributed by atoms with Crippen LogP contribution in [0.3, 0.4) is 0 Å². The molecule has 0 fully saturated rings. The van der Waals surface area contributed by atoms with Gasteiger partial charge in [0.15, 0.2) is 6.23 Å². The van der Waals surface area contributed by atoms with E-state index in [1.165, 1.54) is 17.9 Å². The molecule has 0 aliphatic carbocycles. The average molecular weight is 348 g/mol. The lowest BCUT2D eigenvalue weighted by molar-refractivity contribution is 0.0738. The van der Waals surface area contributed by atoms with Crippen molar-refractivity contribution in [1.29, 1.82) is 0 Å². The van der Waals surface area contributed by atoms with E-state index >= 15 is 0 Å². The maximum atomic E-state index is 11.9. The molecule has 2 atom stereocenters. The van der Waals surface area contributed by atoms with Gasteiger partial charge in [-0.3, -0.25) is 14.3 Å². The summed E-state index contributed by atoms with van der Waals surface area (Å²) in [6.07, 6.45) is 1.46. The molecule has 122 valence electrons. The standard InChI is InChI=1S/C12H17N2O6PS/c1-4-8-9(20-21(17,22)18-3)5-10(19-8)14-6-7(2)11(15)13-12(14)16/h6,10H,4-5H2,1-3H3,(H,17,22)(H,13,15,16)/t10-,21?/m1/s1. The molecule has 0 bridgehead atoms. The first kappa shape index (κ1) is 17.0. The lowest BCUT2D eigenvalue weighted by Gasteiger charge is -2.15. The van der Waals surface area contributed by atoms with E-state index in [1.807, 2.05) is 6.92 Å². The van der Waals surface area contributed by atoms with Crippen LogP contribution >= 0.6 is 6.72 Å². The van der Waals surface area contributed by atoms with E-state index in [1.54, 1.807) is 6.92 Å². The van der Waals surface area contributed by atoms with E-state index in [9.17, 15) is 14.5 Å². The molecule has 8 nitrogen and oxygen atoms in total. The molecule has 2 rings (SSSR count). The molecule has 2 heterocycles. The molecule has 1 aliphatic heterocycles. The Morgan fingerprint density at radius 2 is 2.27 bits per heavy atom. The lowest BCUT2D eigenvalue weighted by Crippen LogP contribution is -2.33. The molecular weight excluding hydrogens is 331 g/mol. The molecule has 0 amide bonds. The van der Waals surface area contributed by atoms with Crippen LogP contribution in [0.2, 0.25) is 0 Å². The summed E-state index contributed by atoms with van der Waals surface area (Å²) in [5.41, 5.74) is -0.628. The van der Waals surface area contributed by atoms with Crippen LogP contribution in [0.15, 0.2) is 27.3 Å². The minimum Gasteiger partial charge on any atom is -0.470 e. The Kier molecular flexibility index (Phi) is 4.91. The quantitative estimate of drug-likeness (QED) is 0.772. The van der Waals surface area contributed by atoms with E-state index in [4.69, 9.17) is 25.6 Å². The Morgan fingerprint density at radius 3 is 2.86 bits per heavy atom. The highest BCUT2D eigenvalue weighted by molar-refractivity contribution is 8.07. The number of allylic oxidation sites excluding steroid dienone is 1. The zero-order valence-corrected chi connectivity index (χ0v) is 14.1. The number of aromatic amines is 1. The van der Waals surface area contributed by atoms with Crippen molar-refractivity contribution in [2.24, 2.45) is 0 Å². The van der Waals surface area contributed by atoms with Crippen LogP contribution in [-0.2, 0) is 25.6 Å². The molecule has 1 aliphatic rings. The van der Waals surface area contributed by atoms with E-state index in [-0.39, 0.29) is 6.42 Å². The molecule has 0 saturated carbocycles. The van der Waals surface area contributed by atoms with Gasteiger partial charge in [0, 0.05) is 37.1 Å². The summed E-state index contributed by atoms with van der Waals surface area (Å²) in [4.78, 5) is 35.3. The zero-order chi connectivity index (χ0) is 16.5. The van der Waals surface area contributed by atoms with Crippen molar-refractivity contribution < 1.29 is 18.7 Å². The topological polar surface area (TPSA) is 103 Å². The highest BCUT2D eigenvalue weighted by atomic mass is 32.5. The summed E-state index contributed by atoms with van der Waals surface area (Å²) in [5, 5.41) is 0. The van der Waals surface area contributed by atoms with Gasteiger partial charge >= 0.3 is 12.4 Å². The number of hydrogen-bond acceptors (Lipinski definition) is 6. The van der Waals surface area contributed by atoms with Crippen molar-refractivity contribution in [2.45, 2.75) is 32.9 Å². The third-order valence-electron chi connectivity index (χ3n) is 3.18. The smallest absolute Gasteiger partial charge is 0.377 e. The van der Waals surface area contributed by atoms with Gasteiger partial charge < -0.3 is 18.7 Å². The molecule has 2 N–H and O–H groups in total. The molecule has 10 heteroatoms. The number of nitrogens with one attached hydrogen (secondary N) is 1. The zero-order valence-electron chi connectivity index (χ0n) is 12.4. The second-order valence-corrected chi connectivity index (χ2v) is 7.57. The fraction of sp³-hybridized carbons (Fsp3) is 0.500. The predicted octanol–water partition coefficient (Wildman–Crippen LogP) is 1.27. The summed E-state index contributed by atoms with van der Waals surface area (Å²) in [6.45, 7) is 0.0637. The van der Waals surface area contributed by atoms with E-state index in [0.29, 0.717) is 23.5 Å². The molecule has 0 saturated heterocycles. The fourth-order valence-corrected chi connectivity index (χ4v) is 2.84. The molecule has 0 aromatic carbocycles. The van der Waals surface area contributed by atoms with Crippen LogP contribution in [0, 0.1) is 6.92 Å². The van der Waals surface area contributed by atoms with Crippen molar-refractivity contribution in [2.75, 3.05) is 7.11 Å². The molecule has 1 unspecified atom stereocenters. The maximum absolute atomic E-state index is 11.9. The van der Waals surface area contributed by atoms with Gasteiger partial charge in [-0.2, -0.15) is 0 Å². The number of hydrogen-bond donors (Lipinski definition) is 2. The van der Waals surface area contributed by atoms with Crippen molar-refractivity contribution in [3.63, 3.8) is 0 Å². The summed E-state index contributed by atoms with van der Waals surface area (Å²) >= 11 is 4.82. The number of ether oxygens (including phenoxy) is 1. The summed E-state index contributed by atoms with van der Waals surface area (Å²) < 4.78 is 17.0. The Hall–Kier alpha value is -1.41. The van der Waals surface area contributed by atoms with E-state index in [0.717, 1.165) is 0 Å². The van der Waals surface area contributed by atoms with Crippen LogP contribution in [0.5, 0.6) is 0 Å². The second kappa shape index (κ2) is 6.37. The first-order valence-corrected chi connectivity index (χ1v) is 9.15. The molecule has 1 aromatic heterocycles. The third-order valence-corrected chi connectivity index (χ3v) is 4.77. The van der Waals surface area contributed by atoms with Crippen molar-refractivity contribution in [3.8, 4) is 0 Å². The van der Waals surface area contributed by atoms with Crippen LogP contribution in [0.4, 0.5) is 0 Å². The third kappa shape index (κ3) is 3.49. The van der Waals surface area contributed by atoms with Crippen LogP contribution in [0.25, 0.3) is 0 Å². The fourth-order valence-electron chi connectivity index (χ4n) is 2.04. The normalized spacial score (nSPS) is 20.6. The Bertz CT molecular complexity index is 768. The minimum atomic E-state index is -3.37. The summed E-state index contributed by atoms with van der Waals surface area (Å²) in [5.74, 6) is 0.844. The van der Waals surface area contributed by atoms with Crippen molar-refractivity contribution >= 4 is 18.5 Å². The highest BCUT2D eigenvalue weighted by Crippen LogP contribution is 2.49.